The summed E-state index contributed by atoms with van der Waals surface area (Å²) in [5.74, 6) is 1.09. The van der Waals surface area contributed by atoms with E-state index in [-0.39, 0.29) is 17.6 Å². The minimum Gasteiger partial charge on any atom is -0.445 e. The molecule has 1 fully saturated rings. The Morgan fingerprint density at radius 2 is 2.18 bits per heavy atom. The summed E-state index contributed by atoms with van der Waals surface area (Å²) in [6, 6.07) is 10.2. The van der Waals surface area contributed by atoms with E-state index in [2.05, 4.69) is 9.97 Å². The molecule has 0 bridgehead atoms. The number of amides is 1. The predicted molar refractivity (Wildman–Crippen MR) is 103 cm³/mol. The number of benzene rings is 1. The number of oxazole rings is 1. The molecule has 144 valence electrons. The van der Waals surface area contributed by atoms with Crippen molar-refractivity contribution in [1.82, 2.24) is 14.9 Å². The first-order valence-corrected chi connectivity index (χ1v) is 9.50. The van der Waals surface area contributed by atoms with E-state index in [1.54, 1.807) is 18.5 Å². The first kappa shape index (κ1) is 18.3. The second-order valence-electron chi connectivity index (χ2n) is 7.23. The standard InChI is InChI=1S/C22H22FN3O2/c1-15-5-3-9-24-20(15)22(27)26-10-4-7-17(14-26)21-25-13-19(28-21)12-16-6-2-8-18(23)11-16/h2-3,5-6,8-9,11,13,17H,4,7,10,12,14H2,1H3/t17-/m0/s1. The maximum absolute atomic E-state index is 13.4. The van der Waals surface area contributed by atoms with Gasteiger partial charge in [0, 0.05) is 25.7 Å². The molecule has 1 aromatic carbocycles. The van der Waals surface area contributed by atoms with Gasteiger partial charge in [-0.3, -0.25) is 9.78 Å². The largest absolute Gasteiger partial charge is 0.445 e. The molecule has 6 heteroatoms. The van der Waals surface area contributed by atoms with Gasteiger partial charge in [0.05, 0.1) is 12.1 Å². The third kappa shape index (κ3) is 3.96. The van der Waals surface area contributed by atoms with Crippen molar-refractivity contribution in [2.45, 2.75) is 32.1 Å². The summed E-state index contributed by atoms with van der Waals surface area (Å²) in [4.78, 5) is 23.4. The molecule has 0 spiro atoms. The molecule has 28 heavy (non-hydrogen) atoms. The lowest BCUT2D eigenvalue weighted by Crippen LogP contribution is -2.39. The lowest BCUT2D eigenvalue weighted by Gasteiger charge is -2.31. The summed E-state index contributed by atoms with van der Waals surface area (Å²) in [6.45, 7) is 3.17. The summed E-state index contributed by atoms with van der Waals surface area (Å²) in [5, 5.41) is 0. The molecule has 0 saturated carbocycles. The smallest absolute Gasteiger partial charge is 0.272 e. The minimum atomic E-state index is -0.261. The average molecular weight is 379 g/mol. The summed E-state index contributed by atoms with van der Waals surface area (Å²) in [6.07, 6.45) is 5.65. The number of halogens is 1. The highest BCUT2D eigenvalue weighted by molar-refractivity contribution is 5.93. The second-order valence-corrected chi connectivity index (χ2v) is 7.23. The summed E-state index contributed by atoms with van der Waals surface area (Å²) < 4.78 is 19.3. The zero-order valence-corrected chi connectivity index (χ0v) is 15.8. The quantitative estimate of drug-likeness (QED) is 0.684. The van der Waals surface area contributed by atoms with Gasteiger partial charge in [-0.25, -0.2) is 9.37 Å². The Morgan fingerprint density at radius 1 is 1.29 bits per heavy atom. The van der Waals surface area contributed by atoms with E-state index >= 15 is 0 Å². The predicted octanol–water partition coefficient (Wildman–Crippen LogP) is 4.13. The van der Waals surface area contributed by atoms with Crippen molar-refractivity contribution >= 4 is 5.91 Å². The molecule has 3 heterocycles. The van der Waals surface area contributed by atoms with Crippen LogP contribution in [0.25, 0.3) is 0 Å². The van der Waals surface area contributed by atoms with Crippen LogP contribution in [0, 0.1) is 12.7 Å². The SMILES string of the molecule is Cc1cccnc1C(=O)N1CCC[C@H](c2ncc(Cc3cccc(F)c3)o2)C1. The van der Waals surface area contributed by atoms with Gasteiger partial charge in [0.25, 0.3) is 5.91 Å². The number of carbonyl (C=O) groups excluding carboxylic acids is 1. The van der Waals surface area contributed by atoms with Crippen LogP contribution in [0.3, 0.4) is 0 Å². The third-order valence-electron chi connectivity index (χ3n) is 5.11. The van der Waals surface area contributed by atoms with Crippen LogP contribution < -0.4 is 0 Å². The molecular weight excluding hydrogens is 357 g/mol. The van der Waals surface area contributed by atoms with Crippen molar-refractivity contribution in [2.75, 3.05) is 13.1 Å². The maximum atomic E-state index is 13.4. The maximum Gasteiger partial charge on any atom is 0.272 e. The zero-order chi connectivity index (χ0) is 19.5. The third-order valence-corrected chi connectivity index (χ3v) is 5.11. The van der Waals surface area contributed by atoms with Crippen LogP contribution in [-0.4, -0.2) is 33.9 Å². The van der Waals surface area contributed by atoms with Crippen molar-refractivity contribution in [1.29, 1.82) is 0 Å². The highest BCUT2D eigenvalue weighted by Crippen LogP contribution is 2.28. The molecule has 1 saturated heterocycles. The van der Waals surface area contributed by atoms with E-state index in [1.807, 2.05) is 30.0 Å². The Balaban J connectivity index is 1.46. The summed E-state index contributed by atoms with van der Waals surface area (Å²) >= 11 is 0. The van der Waals surface area contributed by atoms with Crippen LogP contribution >= 0.6 is 0 Å². The van der Waals surface area contributed by atoms with Gasteiger partial charge < -0.3 is 9.32 Å². The number of nitrogens with zero attached hydrogens (tertiary/aromatic N) is 3. The Hall–Kier alpha value is -3.02. The van der Waals surface area contributed by atoms with Gasteiger partial charge in [0.2, 0.25) is 0 Å². The molecular formula is C22H22FN3O2. The number of hydrogen-bond donors (Lipinski definition) is 0. The molecule has 4 rings (SSSR count). The van der Waals surface area contributed by atoms with Crippen molar-refractivity contribution in [2.24, 2.45) is 0 Å². The van der Waals surface area contributed by atoms with Gasteiger partial charge in [-0.05, 0) is 49.1 Å². The molecule has 2 aromatic heterocycles. The molecule has 5 nitrogen and oxygen atoms in total. The van der Waals surface area contributed by atoms with Crippen LogP contribution in [0.5, 0.6) is 0 Å². The van der Waals surface area contributed by atoms with Gasteiger partial charge in [-0.2, -0.15) is 0 Å². The fourth-order valence-corrected chi connectivity index (χ4v) is 3.66. The monoisotopic (exact) mass is 379 g/mol. The van der Waals surface area contributed by atoms with Gasteiger partial charge in [0.1, 0.15) is 17.3 Å². The molecule has 0 aliphatic carbocycles. The highest BCUT2D eigenvalue weighted by Gasteiger charge is 2.29. The molecule has 1 aliphatic heterocycles. The number of aryl methyl sites for hydroxylation is 1. The number of aromatic nitrogens is 2. The lowest BCUT2D eigenvalue weighted by molar-refractivity contribution is 0.0691. The van der Waals surface area contributed by atoms with E-state index in [0.717, 1.165) is 24.0 Å². The first-order valence-electron chi connectivity index (χ1n) is 9.50. The highest BCUT2D eigenvalue weighted by atomic mass is 19.1. The molecule has 3 aromatic rings. The van der Waals surface area contributed by atoms with Crippen LogP contribution in [0.4, 0.5) is 4.39 Å². The zero-order valence-electron chi connectivity index (χ0n) is 15.8. The van der Waals surface area contributed by atoms with E-state index in [9.17, 15) is 9.18 Å². The Labute approximate surface area is 163 Å². The normalized spacial score (nSPS) is 16.9. The van der Waals surface area contributed by atoms with E-state index in [1.165, 1.54) is 12.1 Å². The second kappa shape index (κ2) is 7.92. The van der Waals surface area contributed by atoms with Gasteiger partial charge >= 0.3 is 0 Å². The van der Waals surface area contributed by atoms with Crippen LogP contribution in [0.2, 0.25) is 0 Å². The number of rotatable bonds is 4. The minimum absolute atomic E-state index is 0.0469. The number of carbonyl (C=O) groups is 1. The lowest BCUT2D eigenvalue weighted by atomic mass is 9.97. The molecule has 1 aliphatic rings. The van der Waals surface area contributed by atoms with Gasteiger partial charge in [0.15, 0.2) is 5.89 Å². The summed E-state index contributed by atoms with van der Waals surface area (Å²) in [7, 11) is 0. The van der Waals surface area contributed by atoms with E-state index in [4.69, 9.17) is 4.42 Å². The van der Waals surface area contributed by atoms with Crippen LogP contribution in [0.1, 0.15) is 52.0 Å². The number of likely N-dealkylation sites (tertiary alicyclic amines) is 1. The fourth-order valence-electron chi connectivity index (χ4n) is 3.66. The van der Waals surface area contributed by atoms with Gasteiger partial charge in [-0.1, -0.05) is 18.2 Å². The fraction of sp³-hybridized carbons (Fsp3) is 0.318. The van der Waals surface area contributed by atoms with Crippen molar-refractivity contribution in [3.63, 3.8) is 0 Å². The average Bonchev–Trinajstić information content (AvgIpc) is 3.16. The number of hydrogen-bond acceptors (Lipinski definition) is 4. The number of pyridine rings is 1. The molecule has 0 N–H and O–H groups in total. The molecule has 0 unspecified atom stereocenters. The van der Waals surface area contributed by atoms with Crippen molar-refractivity contribution < 1.29 is 13.6 Å². The molecule has 1 atom stereocenters. The van der Waals surface area contributed by atoms with Crippen molar-refractivity contribution in [3.05, 3.63) is 83.1 Å². The Bertz CT molecular complexity index is 985. The van der Waals surface area contributed by atoms with Crippen molar-refractivity contribution in [3.8, 4) is 0 Å². The van der Waals surface area contributed by atoms with Crippen LogP contribution in [-0.2, 0) is 6.42 Å². The first-order chi connectivity index (χ1) is 13.6. The summed E-state index contributed by atoms with van der Waals surface area (Å²) in [5.41, 5.74) is 2.22. The molecule has 1 amide bonds. The Morgan fingerprint density at radius 3 is 3.00 bits per heavy atom. The van der Waals surface area contributed by atoms with E-state index < -0.39 is 0 Å². The Kier molecular flexibility index (Phi) is 5.19. The topological polar surface area (TPSA) is 59.2 Å². The van der Waals surface area contributed by atoms with E-state index in [0.29, 0.717) is 36.9 Å². The van der Waals surface area contributed by atoms with Gasteiger partial charge in [-0.15, -0.1) is 0 Å². The molecule has 0 radical (unpaired) electrons. The number of piperidine rings is 1. The van der Waals surface area contributed by atoms with Crippen LogP contribution in [0.15, 0.2) is 53.2 Å².